The molecule has 0 spiro atoms. The Morgan fingerprint density at radius 1 is 1.00 bits per heavy atom. The van der Waals surface area contributed by atoms with Gasteiger partial charge in [-0.2, -0.15) is 12.7 Å². The molecule has 4 amide bonds. The predicted molar refractivity (Wildman–Crippen MR) is 69.2 cm³/mol. The average Bonchev–Trinajstić information content (AvgIpc) is 2.37. The summed E-state index contributed by atoms with van der Waals surface area (Å²) in [6.07, 6.45) is 0. The number of amides is 4. The molecular formula is C10H10ClN3O4S. The normalized spacial score (nSPS) is 19.0. The van der Waals surface area contributed by atoms with Crippen molar-refractivity contribution in [3.8, 4) is 0 Å². The number of nitrogens with zero attached hydrogens (tertiary/aromatic N) is 3. The maximum Gasteiger partial charge on any atom is 0.347 e. The van der Waals surface area contributed by atoms with E-state index in [1.165, 1.54) is 31.3 Å². The fourth-order valence-corrected chi connectivity index (χ4v) is 2.97. The van der Waals surface area contributed by atoms with Crippen molar-refractivity contribution in [2.45, 2.75) is 0 Å². The second-order valence-electron chi connectivity index (χ2n) is 3.84. The van der Waals surface area contributed by atoms with E-state index < -0.39 is 22.3 Å². The first-order chi connectivity index (χ1) is 8.76. The number of hydrogen-bond acceptors (Lipinski definition) is 4. The number of halogens is 1. The topological polar surface area (TPSA) is 78.0 Å². The highest BCUT2D eigenvalue weighted by atomic mass is 35.5. The van der Waals surface area contributed by atoms with Gasteiger partial charge in [0.2, 0.25) is 0 Å². The van der Waals surface area contributed by atoms with Gasteiger partial charge in [-0.25, -0.2) is 18.8 Å². The quantitative estimate of drug-likeness (QED) is 0.788. The molecule has 1 saturated heterocycles. The van der Waals surface area contributed by atoms with E-state index in [1.807, 2.05) is 0 Å². The molecule has 1 aliphatic heterocycles. The molecule has 1 heterocycles. The Hall–Kier alpha value is -1.80. The third kappa shape index (κ3) is 2.02. The number of anilines is 1. The molecule has 1 fully saturated rings. The Morgan fingerprint density at radius 2 is 1.53 bits per heavy atom. The summed E-state index contributed by atoms with van der Waals surface area (Å²) in [6, 6.07) is 3.83. The van der Waals surface area contributed by atoms with Crippen LogP contribution in [0.25, 0.3) is 0 Å². The maximum absolute atomic E-state index is 12.1. The first-order valence-corrected chi connectivity index (χ1v) is 6.90. The lowest BCUT2D eigenvalue weighted by Crippen LogP contribution is -2.61. The molecule has 0 atom stereocenters. The lowest BCUT2D eigenvalue weighted by Gasteiger charge is -2.36. The standard InChI is InChI=1S/C10H10ClN3O4S/c1-12-9(15)13(2)19(17,18)14(10(12)16)8-5-3-7(11)4-6-8/h3-6H,1-2H3. The van der Waals surface area contributed by atoms with Crippen LogP contribution in [0, 0.1) is 0 Å². The van der Waals surface area contributed by atoms with Crippen LogP contribution in [0.2, 0.25) is 5.02 Å². The van der Waals surface area contributed by atoms with Crippen molar-refractivity contribution in [3.63, 3.8) is 0 Å². The van der Waals surface area contributed by atoms with Crippen molar-refractivity contribution in [3.05, 3.63) is 29.3 Å². The minimum absolute atomic E-state index is 0.112. The van der Waals surface area contributed by atoms with Crippen molar-refractivity contribution in [2.24, 2.45) is 0 Å². The number of benzene rings is 1. The lowest BCUT2D eigenvalue weighted by molar-refractivity contribution is 0.185. The van der Waals surface area contributed by atoms with E-state index in [4.69, 9.17) is 11.6 Å². The number of hydrogen-bond donors (Lipinski definition) is 0. The average molecular weight is 304 g/mol. The van der Waals surface area contributed by atoms with Crippen molar-refractivity contribution < 1.29 is 18.0 Å². The van der Waals surface area contributed by atoms with Gasteiger partial charge >= 0.3 is 22.3 Å². The molecule has 0 N–H and O–H groups in total. The van der Waals surface area contributed by atoms with Crippen LogP contribution in [-0.4, -0.2) is 43.8 Å². The van der Waals surface area contributed by atoms with Gasteiger partial charge in [0.15, 0.2) is 0 Å². The molecule has 1 aromatic rings. The third-order valence-corrected chi connectivity index (χ3v) is 4.58. The summed E-state index contributed by atoms with van der Waals surface area (Å²) in [4.78, 5) is 24.3. The summed E-state index contributed by atoms with van der Waals surface area (Å²) < 4.78 is 25.3. The summed E-state index contributed by atoms with van der Waals surface area (Å²) in [7, 11) is -1.92. The molecule has 0 unspecified atom stereocenters. The van der Waals surface area contributed by atoms with Gasteiger partial charge < -0.3 is 0 Å². The summed E-state index contributed by atoms with van der Waals surface area (Å²) in [6.45, 7) is 0. The minimum atomic E-state index is -4.22. The van der Waals surface area contributed by atoms with Crippen LogP contribution in [0.3, 0.4) is 0 Å². The Labute approximate surface area is 115 Å². The number of carbonyl (C=O) groups is 2. The fourth-order valence-electron chi connectivity index (χ4n) is 1.57. The molecule has 0 bridgehead atoms. The molecule has 1 aliphatic rings. The van der Waals surface area contributed by atoms with E-state index in [0.717, 1.165) is 11.9 Å². The predicted octanol–water partition coefficient (Wildman–Crippen LogP) is 1.51. The van der Waals surface area contributed by atoms with Gasteiger partial charge in [-0.3, -0.25) is 0 Å². The Balaban J connectivity index is 2.57. The van der Waals surface area contributed by atoms with Crippen LogP contribution in [0.1, 0.15) is 0 Å². The van der Waals surface area contributed by atoms with E-state index in [2.05, 4.69) is 0 Å². The first-order valence-electron chi connectivity index (χ1n) is 5.13. The highest BCUT2D eigenvalue weighted by Gasteiger charge is 2.45. The number of imide groups is 1. The van der Waals surface area contributed by atoms with Crippen LogP contribution in [0.4, 0.5) is 15.3 Å². The fraction of sp³-hybridized carbons (Fsp3) is 0.200. The smallest absolute Gasteiger partial charge is 0.247 e. The lowest BCUT2D eigenvalue weighted by atomic mass is 10.3. The summed E-state index contributed by atoms with van der Waals surface area (Å²) in [5, 5.41) is 0.406. The molecule has 2 rings (SSSR count). The zero-order chi connectivity index (χ0) is 14.4. The van der Waals surface area contributed by atoms with Gasteiger partial charge in [-0.1, -0.05) is 11.6 Å². The van der Waals surface area contributed by atoms with Gasteiger partial charge in [0.05, 0.1) is 5.69 Å². The summed E-state index contributed by atoms with van der Waals surface area (Å²) in [5.41, 5.74) is 0.112. The number of urea groups is 2. The van der Waals surface area contributed by atoms with Crippen LogP contribution in [-0.2, 0) is 10.2 Å². The van der Waals surface area contributed by atoms with Gasteiger partial charge in [-0.15, -0.1) is 0 Å². The van der Waals surface area contributed by atoms with E-state index >= 15 is 0 Å². The molecule has 19 heavy (non-hydrogen) atoms. The zero-order valence-electron chi connectivity index (χ0n) is 10.1. The molecule has 0 saturated carbocycles. The molecule has 9 heteroatoms. The van der Waals surface area contributed by atoms with E-state index in [9.17, 15) is 18.0 Å². The van der Waals surface area contributed by atoms with Crippen molar-refractivity contribution in [2.75, 3.05) is 18.4 Å². The van der Waals surface area contributed by atoms with E-state index in [1.54, 1.807) is 0 Å². The second-order valence-corrected chi connectivity index (χ2v) is 6.09. The van der Waals surface area contributed by atoms with Crippen LogP contribution in [0.15, 0.2) is 24.3 Å². The monoisotopic (exact) mass is 303 g/mol. The molecule has 0 radical (unpaired) electrons. The van der Waals surface area contributed by atoms with Crippen molar-refractivity contribution in [1.82, 2.24) is 9.21 Å². The molecule has 0 aromatic heterocycles. The Kier molecular flexibility index (Phi) is 3.15. The molecule has 7 nitrogen and oxygen atoms in total. The first kappa shape index (κ1) is 13.6. The summed E-state index contributed by atoms with van der Waals surface area (Å²) in [5.74, 6) is 0. The largest absolute Gasteiger partial charge is 0.347 e. The van der Waals surface area contributed by atoms with E-state index in [-0.39, 0.29) is 5.69 Å². The SMILES string of the molecule is CN1C(=O)N(C)S(=O)(=O)N(c2ccc(Cl)cc2)C1=O. The summed E-state index contributed by atoms with van der Waals surface area (Å²) >= 11 is 5.71. The van der Waals surface area contributed by atoms with Crippen LogP contribution >= 0.6 is 11.6 Å². The van der Waals surface area contributed by atoms with Crippen molar-refractivity contribution >= 4 is 39.6 Å². The minimum Gasteiger partial charge on any atom is -0.247 e. The Bertz CT molecular complexity index is 643. The zero-order valence-corrected chi connectivity index (χ0v) is 11.6. The number of carbonyl (C=O) groups excluding carboxylic acids is 2. The van der Waals surface area contributed by atoms with Gasteiger partial charge in [0.1, 0.15) is 0 Å². The van der Waals surface area contributed by atoms with Gasteiger partial charge in [0, 0.05) is 19.1 Å². The molecular weight excluding hydrogens is 294 g/mol. The maximum atomic E-state index is 12.1. The van der Waals surface area contributed by atoms with E-state index in [0.29, 0.717) is 13.6 Å². The molecule has 1 aromatic carbocycles. The van der Waals surface area contributed by atoms with Gasteiger partial charge in [0.25, 0.3) is 0 Å². The molecule has 102 valence electrons. The van der Waals surface area contributed by atoms with Crippen molar-refractivity contribution in [1.29, 1.82) is 0 Å². The Morgan fingerprint density at radius 3 is 2.05 bits per heavy atom. The highest BCUT2D eigenvalue weighted by Crippen LogP contribution is 2.27. The van der Waals surface area contributed by atoms with Crippen LogP contribution < -0.4 is 4.31 Å². The second kappa shape index (κ2) is 4.39. The van der Waals surface area contributed by atoms with Crippen LogP contribution in [0.5, 0.6) is 0 Å². The highest BCUT2D eigenvalue weighted by molar-refractivity contribution is 7.92. The molecule has 0 aliphatic carbocycles. The van der Waals surface area contributed by atoms with Gasteiger partial charge in [-0.05, 0) is 24.3 Å². The third-order valence-electron chi connectivity index (χ3n) is 2.65. The number of rotatable bonds is 1.